The number of aromatic amines is 1. The number of hydrogen-bond acceptors (Lipinski definition) is 4. The minimum absolute atomic E-state index is 0.151. The van der Waals surface area contributed by atoms with Crippen LogP contribution in [0.25, 0.3) is 10.8 Å². The maximum atomic E-state index is 14.3. The summed E-state index contributed by atoms with van der Waals surface area (Å²) < 4.78 is 14.3. The van der Waals surface area contributed by atoms with Gasteiger partial charge < -0.3 is 10.6 Å². The van der Waals surface area contributed by atoms with Gasteiger partial charge in [-0.3, -0.25) is 4.79 Å². The van der Waals surface area contributed by atoms with Crippen molar-refractivity contribution < 1.29 is 4.39 Å². The van der Waals surface area contributed by atoms with Gasteiger partial charge in [-0.25, -0.2) is 9.49 Å². The first-order chi connectivity index (χ1) is 14.7. The Morgan fingerprint density at radius 3 is 2.63 bits per heavy atom. The zero-order valence-electron chi connectivity index (χ0n) is 16.4. The van der Waals surface area contributed by atoms with E-state index in [-0.39, 0.29) is 12.0 Å². The molecule has 1 aromatic heterocycles. The van der Waals surface area contributed by atoms with Crippen LogP contribution in [-0.2, 0) is 6.54 Å². The molecule has 0 spiro atoms. The smallest absolute Gasteiger partial charge is 0.272 e. The van der Waals surface area contributed by atoms with E-state index in [9.17, 15) is 9.18 Å². The lowest BCUT2D eigenvalue weighted by molar-refractivity contribution is 0.618. The fourth-order valence-electron chi connectivity index (χ4n) is 4.42. The molecule has 2 atom stereocenters. The SMILES string of the molecule is CNCc1cccc([C@H]2c3n[nH]c(=O)c4cc(F)cc(c34)NC2c2ccccc2)c1. The Kier molecular flexibility index (Phi) is 4.56. The average Bonchev–Trinajstić information content (AvgIpc) is 2.76. The standard InChI is InChI=1S/C24H21FN4O/c1-26-13-14-6-5-9-16(10-14)20-22(15-7-3-2-4-8-15)27-19-12-17(25)11-18-21(19)23(20)28-29-24(18)30/h2-12,20,22,26-27H,13H2,1H3,(H,29,30)/t20-,22?/m1/s1. The number of aromatic nitrogens is 2. The highest BCUT2D eigenvalue weighted by Crippen LogP contribution is 2.46. The summed E-state index contributed by atoms with van der Waals surface area (Å²) in [5, 5.41) is 14.7. The molecule has 4 aromatic rings. The third kappa shape index (κ3) is 3.06. The first-order valence-electron chi connectivity index (χ1n) is 9.92. The van der Waals surface area contributed by atoms with Gasteiger partial charge in [-0.05, 0) is 35.9 Å². The fourth-order valence-corrected chi connectivity index (χ4v) is 4.42. The quantitative estimate of drug-likeness (QED) is 0.483. The van der Waals surface area contributed by atoms with Crippen molar-refractivity contribution in [1.82, 2.24) is 15.5 Å². The maximum Gasteiger partial charge on any atom is 0.272 e. The fraction of sp³-hybridized carbons (Fsp3) is 0.167. The molecule has 6 heteroatoms. The van der Waals surface area contributed by atoms with E-state index in [2.05, 4.69) is 51.2 Å². The van der Waals surface area contributed by atoms with Gasteiger partial charge in [0.2, 0.25) is 0 Å². The van der Waals surface area contributed by atoms with Crippen LogP contribution in [0.15, 0.2) is 71.5 Å². The van der Waals surface area contributed by atoms with Gasteiger partial charge in [0.15, 0.2) is 0 Å². The van der Waals surface area contributed by atoms with Gasteiger partial charge in [0.25, 0.3) is 5.56 Å². The van der Waals surface area contributed by atoms with Gasteiger partial charge in [0.05, 0.1) is 23.0 Å². The second-order valence-corrected chi connectivity index (χ2v) is 7.60. The van der Waals surface area contributed by atoms with Crippen LogP contribution in [0.5, 0.6) is 0 Å². The van der Waals surface area contributed by atoms with E-state index in [0.29, 0.717) is 16.5 Å². The lowest BCUT2D eigenvalue weighted by Crippen LogP contribution is -2.28. The second-order valence-electron chi connectivity index (χ2n) is 7.60. The molecular formula is C24H21FN4O. The Morgan fingerprint density at radius 2 is 1.83 bits per heavy atom. The Hall–Kier alpha value is -3.51. The molecule has 0 aliphatic carbocycles. The van der Waals surface area contributed by atoms with Crippen molar-refractivity contribution in [3.63, 3.8) is 0 Å². The summed E-state index contributed by atoms with van der Waals surface area (Å²) in [5.74, 6) is -0.601. The molecule has 1 aliphatic rings. The van der Waals surface area contributed by atoms with Gasteiger partial charge in [0.1, 0.15) is 5.82 Å². The summed E-state index contributed by atoms with van der Waals surface area (Å²) in [7, 11) is 1.92. The van der Waals surface area contributed by atoms with E-state index in [1.807, 2.05) is 31.3 Å². The molecule has 30 heavy (non-hydrogen) atoms. The van der Waals surface area contributed by atoms with E-state index < -0.39 is 11.4 Å². The summed E-state index contributed by atoms with van der Waals surface area (Å²) in [6, 6.07) is 21.0. The number of hydrogen-bond donors (Lipinski definition) is 3. The van der Waals surface area contributed by atoms with Gasteiger partial charge in [-0.1, -0.05) is 54.6 Å². The third-order valence-corrected chi connectivity index (χ3v) is 5.67. The molecule has 5 nitrogen and oxygen atoms in total. The minimum atomic E-state index is -0.450. The van der Waals surface area contributed by atoms with Gasteiger partial charge in [-0.15, -0.1) is 0 Å². The highest BCUT2D eigenvalue weighted by molar-refractivity contribution is 5.97. The molecule has 0 radical (unpaired) electrons. The second kappa shape index (κ2) is 7.39. The van der Waals surface area contributed by atoms with Gasteiger partial charge in [0, 0.05) is 17.6 Å². The van der Waals surface area contributed by atoms with Crippen molar-refractivity contribution in [3.8, 4) is 0 Å². The third-order valence-electron chi connectivity index (χ3n) is 5.67. The van der Waals surface area contributed by atoms with Crippen LogP contribution >= 0.6 is 0 Å². The number of halogens is 1. The van der Waals surface area contributed by atoms with Crippen LogP contribution in [0, 0.1) is 5.82 Å². The number of nitrogens with zero attached hydrogens (tertiary/aromatic N) is 1. The van der Waals surface area contributed by atoms with Gasteiger partial charge >= 0.3 is 0 Å². The summed E-state index contributed by atoms with van der Waals surface area (Å²) in [6.07, 6.45) is 0. The molecule has 150 valence electrons. The van der Waals surface area contributed by atoms with Gasteiger partial charge in [-0.2, -0.15) is 5.10 Å². The highest BCUT2D eigenvalue weighted by atomic mass is 19.1. The largest absolute Gasteiger partial charge is 0.377 e. The zero-order valence-corrected chi connectivity index (χ0v) is 16.4. The zero-order chi connectivity index (χ0) is 20.7. The van der Waals surface area contributed by atoms with E-state index in [4.69, 9.17) is 0 Å². The van der Waals surface area contributed by atoms with Crippen LogP contribution in [0.2, 0.25) is 0 Å². The van der Waals surface area contributed by atoms with E-state index in [0.717, 1.165) is 28.9 Å². The molecule has 0 amide bonds. The first kappa shape index (κ1) is 18.5. The van der Waals surface area contributed by atoms with Crippen LogP contribution in [0.4, 0.5) is 10.1 Å². The molecular weight excluding hydrogens is 379 g/mol. The number of rotatable bonds is 4. The Labute approximate surface area is 173 Å². The molecule has 0 saturated carbocycles. The van der Waals surface area contributed by atoms with Crippen LogP contribution in [-0.4, -0.2) is 17.2 Å². The Balaban J connectivity index is 1.78. The van der Waals surface area contributed by atoms with Crippen molar-refractivity contribution in [1.29, 1.82) is 0 Å². The molecule has 0 saturated heterocycles. The number of benzene rings is 3. The molecule has 1 unspecified atom stereocenters. The maximum absolute atomic E-state index is 14.3. The van der Waals surface area contributed by atoms with Crippen LogP contribution in [0.1, 0.15) is 34.3 Å². The predicted octanol–water partition coefficient (Wildman–Crippen LogP) is 4.08. The van der Waals surface area contributed by atoms with Crippen LogP contribution < -0.4 is 16.2 Å². The van der Waals surface area contributed by atoms with E-state index in [1.165, 1.54) is 12.1 Å². The molecule has 3 N–H and O–H groups in total. The lowest BCUT2D eigenvalue weighted by Gasteiger charge is -2.35. The number of H-pyrrole nitrogens is 1. The highest BCUT2D eigenvalue weighted by Gasteiger charge is 2.35. The Morgan fingerprint density at radius 1 is 1.03 bits per heavy atom. The monoisotopic (exact) mass is 400 g/mol. The summed E-state index contributed by atoms with van der Waals surface area (Å²) in [5.41, 5.74) is 4.26. The molecule has 5 rings (SSSR count). The normalized spacial score (nSPS) is 17.7. The molecule has 1 aliphatic heterocycles. The van der Waals surface area contributed by atoms with E-state index >= 15 is 0 Å². The van der Waals surface area contributed by atoms with Crippen molar-refractivity contribution in [3.05, 3.63) is 105 Å². The lowest BCUT2D eigenvalue weighted by atomic mass is 9.79. The van der Waals surface area contributed by atoms with Crippen molar-refractivity contribution >= 4 is 16.5 Å². The van der Waals surface area contributed by atoms with Crippen molar-refractivity contribution in [2.75, 3.05) is 12.4 Å². The van der Waals surface area contributed by atoms with Crippen molar-refractivity contribution in [2.45, 2.75) is 18.5 Å². The molecule has 3 aromatic carbocycles. The average molecular weight is 400 g/mol. The molecule has 0 fully saturated rings. The summed E-state index contributed by atoms with van der Waals surface area (Å²) in [4.78, 5) is 12.4. The number of nitrogens with one attached hydrogen (secondary N) is 3. The minimum Gasteiger partial charge on any atom is -0.377 e. The van der Waals surface area contributed by atoms with E-state index in [1.54, 1.807) is 0 Å². The summed E-state index contributed by atoms with van der Waals surface area (Å²) in [6.45, 7) is 0.750. The Bertz CT molecular complexity index is 1290. The van der Waals surface area contributed by atoms with Crippen LogP contribution in [0.3, 0.4) is 0 Å². The molecule has 2 heterocycles. The predicted molar refractivity (Wildman–Crippen MR) is 116 cm³/mol. The number of anilines is 1. The summed E-state index contributed by atoms with van der Waals surface area (Å²) >= 11 is 0. The molecule has 0 bridgehead atoms. The first-order valence-corrected chi connectivity index (χ1v) is 9.92. The van der Waals surface area contributed by atoms with Crippen molar-refractivity contribution in [2.24, 2.45) is 0 Å². The topological polar surface area (TPSA) is 69.8 Å².